The molecular weight excluding hydrogens is 378 g/mol. The summed E-state index contributed by atoms with van der Waals surface area (Å²) in [4.78, 5) is 12.7. The monoisotopic (exact) mass is 399 g/mol. The van der Waals surface area contributed by atoms with Crippen molar-refractivity contribution >= 4 is 11.7 Å². The van der Waals surface area contributed by atoms with E-state index < -0.39 is 0 Å². The predicted molar refractivity (Wildman–Crippen MR) is 102 cm³/mol. The summed E-state index contributed by atoms with van der Waals surface area (Å²) in [6.07, 6.45) is 0. The fourth-order valence-corrected chi connectivity index (χ4v) is 4.44. The first-order valence-corrected chi connectivity index (χ1v) is 9.31. The van der Waals surface area contributed by atoms with Crippen LogP contribution in [0.5, 0.6) is 28.7 Å². The molecule has 0 unspecified atom stereocenters. The number of hydrogen-bond donors (Lipinski definition) is 1. The van der Waals surface area contributed by atoms with Gasteiger partial charge in [-0.05, 0) is 29.3 Å². The molecule has 0 amide bonds. The van der Waals surface area contributed by atoms with E-state index in [2.05, 4.69) is 5.32 Å². The highest BCUT2D eigenvalue weighted by Gasteiger charge is 2.48. The second-order valence-electron chi connectivity index (χ2n) is 7.14. The topological polar surface area (TPSA) is 84.5 Å². The molecule has 1 fully saturated rings. The Hall–Kier alpha value is -3.29. The first-order chi connectivity index (χ1) is 14.1. The molecule has 2 aromatic carbocycles. The summed E-state index contributed by atoms with van der Waals surface area (Å²) in [5.41, 5.74) is 2.70. The maximum Gasteiger partial charge on any atom is 0.312 e. The summed E-state index contributed by atoms with van der Waals surface area (Å²) in [7, 11) is 4.70. The van der Waals surface area contributed by atoms with Crippen molar-refractivity contribution in [3.05, 3.63) is 35.4 Å². The van der Waals surface area contributed by atoms with Crippen molar-refractivity contribution in [3.63, 3.8) is 0 Å². The SMILES string of the molecule is COc1cc([C@@H]2c3cc4c(cc3N[C@H]3COC(=O)[C@H]23)OCO4)cc(OC)c1OC. The van der Waals surface area contributed by atoms with Gasteiger partial charge in [0, 0.05) is 17.7 Å². The van der Waals surface area contributed by atoms with E-state index in [9.17, 15) is 4.79 Å². The number of carbonyl (C=O) groups is 1. The predicted octanol–water partition coefficient (Wildman–Crippen LogP) is 2.54. The first kappa shape index (κ1) is 17.8. The highest BCUT2D eigenvalue weighted by molar-refractivity contribution is 5.82. The summed E-state index contributed by atoms with van der Waals surface area (Å²) in [6.45, 7) is 0.500. The number of benzene rings is 2. The Bertz CT molecular complexity index is 964. The molecule has 8 nitrogen and oxygen atoms in total. The van der Waals surface area contributed by atoms with Crippen LogP contribution in [0.3, 0.4) is 0 Å². The van der Waals surface area contributed by atoms with Gasteiger partial charge < -0.3 is 33.7 Å². The summed E-state index contributed by atoms with van der Waals surface area (Å²) in [6, 6.07) is 7.48. The van der Waals surface area contributed by atoms with Gasteiger partial charge in [-0.15, -0.1) is 0 Å². The van der Waals surface area contributed by atoms with Gasteiger partial charge in [-0.1, -0.05) is 0 Å². The average molecular weight is 399 g/mol. The molecule has 0 bridgehead atoms. The van der Waals surface area contributed by atoms with E-state index in [0.717, 1.165) is 16.8 Å². The Kier molecular flexibility index (Phi) is 4.08. The number of carbonyl (C=O) groups excluding carboxylic acids is 1. The van der Waals surface area contributed by atoms with Gasteiger partial charge in [0.2, 0.25) is 12.5 Å². The van der Waals surface area contributed by atoms with Crippen LogP contribution in [0.2, 0.25) is 0 Å². The second-order valence-corrected chi connectivity index (χ2v) is 7.14. The molecule has 2 aromatic rings. The van der Waals surface area contributed by atoms with E-state index in [0.29, 0.717) is 35.4 Å². The lowest BCUT2D eigenvalue weighted by Crippen LogP contribution is -2.38. The molecule has 8 heteroatoms. The van der Waals surface area contributed by atoms with Gasteiger partial charge in [0.05, 0.1) is 33.3 Å². The molecule has 1 N–H and O–H groups in total. The minimum Gasteiger partial charge on any atom is -0.493 e. The van der Waals surface area contributed by atoms with Crippen LogP contribution in [0.1, 0.15) is 17.0 Å². The van der Waals surface area contributed by atoms with E-state index >= 15 is 0 Å². The average Bonchev–Trinajstić information content (AvgIpc) is 3.35. The minimum atomic E-state index is -0.384. The summed E-state index contributed by atoms with van der Waals surface area (Å²) < 4.78 is 33.0. The van der Waals surface area contributed by atoms with E-state index in [1.165, 1.54) is 0 Å². The quantitative estimate of drug-likeness (QED) is 0.786. The molecule has 0 aliphatic carbocycles. The van der Waals surface area contributed by atoms with Crippen LogP contribution in [0.15, 0.2) is 24.3 Å². The smallest absolute Gasteiger partial charge is 0.312 e. The van der Waals surface area contributed by atoms with Crippen molar-refractivity contribution < 1.29 is 33.2 Å². The van der Waals surface area contributed by atoms with Crippen molar-refractivity contribution in [2.45, 2.75) is 12.0 Å². The van der Waals surface area contributed by atoms with Crippen molar-refractivity contribution in [1.29, 1.82) is 0 Å². The number of anilines is 1. The standard InChI is InChI=1S/C21H21NO7/c1-24-16-4-10(5-17(25-2)20(16)26-3)18-11-6-14-15(29-9-28-14)7-12(11)22-13-8-27-21(23)19(13)18/h4-7,13,18-19,22H,8-9H2,1-3H3/t13-,18+,19-/m0/s1. The summed E-state index contributed by atoms with van der Waals surface area (Å²) >= 11 is 0. The van der Waals surface area contributed by atoms with Crippen molar-refractivity contribution in [1.82, 2.24) is 0 Å². The number of esters is 1. The lowest BCUT2D eigenvalue weighted by atomic mass is 9.74. The van der Waals surface area contributed by atoms with Crippen LogP contribution >= 0.6 is 0 Å². The van der Waals surface area contributed by atoms with Crippen LogP contribution in [0, 0.1) is 5.92 Å². The zero-order valence-corrected chi connectivity index (χ0v) is 16.3. The van der Waals surface area contributed by atoms with Crippen LogP contribution < -0.4 is 29.0 Å². The first-order valence-electron chi connectivity index (χ1n) is 9.31. The van der Waals surface area contributed by atoms with Gasteiger partial charge >= 0.3 is 5.97 Å². The van der Waals surface area contributed by atoms with E-state index in [1.807, 2.05) is 24.3 Å². The van der Waals surface area contributed by atoms with E-state index in [4.69, 9.17) is 28.4 Å². The zero-order valence-electron chi connectivity index (χ0n) is 16.3. The second kappa shape index (κ2) is 6.65. The number of cyclic esters (lactones) is 1. The molecule has 1 saturated heterocycles. The largest absolute Gasteiger partial charge is 0.493 e. The highest BCUT2D eigenvalue weighted by Crippen LogP contribution is 2.51. The molecule has 3 aliphatic heterocycles. The number of fused-ring (bicyclic) bond motifs is 3. The fourth-order valence-electron chi connectivity index (χ4n) is 4.44. The molecule has 0 spiro atoms. The zero-order chi connectivity index (χ0) is 20.1. The van der Waals surface area contributed by atoms with Gasteiger partial charge in [-0.3, -0.25) is 4.79 Å². The van der Waals surface area contributed by atoms with Gasteiger partial charge in [-0.25, -0.2) is 0 Å². The van der Waals surface area contributed by atoms with Crippen LogP contribution in [-0.4, -0.2) is 46.7 Å². The van der Waals surface area contributed by atoms with E-state index in [-0.39, 0.29) is 30.6 Å². The van der Waals surface area contributed by atoms with Crippen LogP contribution in [0.25, 0.3) is 0 Å². The molecule has 0 saturated carbocycles. The summed E-state index contributed by atoms with van der Waals surface area (Å²) in [5, 5.41) is 3.43. The number of nitrogens with one attached hydrogen (secondary N) is 1. The minimum absolute atomic E-state index is 0.139. The third-order valence-electron chi connectivity index (χ3n) is 5.74. The Morgan fingerprint density at radius 1 is 0.931 bits per heavy atom. The molecule has 0 aromatic heterocycles. The molecule has 3 heterocycles. The Labute approximate surface area is 167 Å². The third kappa shape index (κ3) is 2.62. The van der Waals surface area contributed by atoms with Gasteiger partial charge in [-0.2, -0.15) is 0 Å². The lowest BCUT2D eigenvalue weighted by molar-refractivity contribution is -0.141. The summed E-state index contributed by atoms with van der Waals surface area (Å²) in [5.74, 6) is 2.03. The molecule has 5 rings (SSSR count). The van der Waals surface area contributed by atoms with Crippen molar-refractivity contribution in [3.8, 4) is 28.7 Å². The molecule has 29 heavy (non-hydrogen) atoms. The van der Waals surface area contributed by atoms with E-state index in [1.54, 1.807) is 21.3 Å². The number of hydrogen-bond acceptors (Lipinski definition) is 8. The molecule has 3 atom stereocenters. The van der Waals surface area contributed by atoms with Crippen LogP contribution in [0.4, 0.5) is 5.69 Å². The Balaban J connectivity index is 1.71. The molecular formula is C21H21NO7. The maximum absolute atomic E-state index is 12.7. The van der Waals surface area contributed by atoms with Gasteiger partial charge in [0.1, 0.15) is 6.61 Å². The number of ether oxygens (including phenoxy) is 6. The molecule has 152 valence electrons. The van der Waals surface area contributed by atoms with Gasteiger partial charge in [0.15, 0.2) is 23.0 Å². The molecule has 3 aliphatic rings. The number of rotatable bonds is 4. The lowest BCUT2D eigenvalue weighted by Gasteiger charge is -2.35. The fraction of sp³-hybridized carbons (Fsp3) is 0.381. The van der Waals surface area contributed by atoms with Crippen LogP contribution in [-0.2, 0) is 9.53 Å². The molecule has 0 radical (unpaired) electrons. The van der Waals surface area contributed by atoms with Crippen molar-refractivity contribution in [2.24, 2.45) is 5.92 Å². The third-order valence-corrected chi connectivity index (χ3v) is 5.74. The normalized spacial score (nSPS) is 23.6. The van der Waals surface area contributed by atoms with Gasteiger partial charge in [0.25, 0.3) is 0 Å². The Morgan fingerprint density at radius 3 is 2.28 bits per heavy atom. The van der Waals surface area contributed by atoms with Crippen molar-refractivity contribution in [2.75, 3.05) is 40.0 Å². The Morgan fingerprint density at radius 2 is 1.62 bits per heavy atom. The maximum atomic E-state index is 12.7. The number of methoxy groups -OCH3 is 3. The highest BCUT2D eigenvalue weighted by atomic mass is 16.7.